The number of rotatable bonds is 8. The summed E-state index contributed by atoms with van der Waals surface area (Å²) in [6.45, 7) is 2.62. The minimum atomic E-state index is -1.62. The summed E-state index contributed by atoms with van der Waals surface area (Å²) in [5.41, 5.74) is 0.800. The number of benzene rings is 1. The molecule has 1 aromatic carbocycles. The van der Waals surface area contributed by atoms with Crippen molar-refractivity contribution in [1.29, 1.82) is 0 Å². The van der Waals surface area contributed by atoms with Gasteiger partial charge in [-0.3, -0.25) is 4.79 Å². The van der Waals surface area contributed by atoms with Crippen LogP contribution in [0.3, 0.4) is 0 Å². The SMILES string of the molecule is CCCCOCC(C(=O)OCC(Cl)(Cl)Cl)c1ccc(Br)cc1. The van der Waals surface area contributed by atoms with Gasteiger partial charge in [-0.25, -0.2) is 0 Å². The number of ether oxygens (including phenoxy) is 2. The topological polar surface area (TPSA) is 35.5 Å². The number of alkyl halides is 3. The molecular weight excluding hydrogens is 414 g/mol. The molecule has 3 nitrogen and oxygen atoms in total. The number of hydrogen-bond donors (Lipinski definition) is 0. The van der Waals surface area contributed by atoms with Gasteiger partial charge in [-0.1, -0.05) is 76.2 Å². The molecule has 0 aliphatic heterocycles. The van der Waals surface area contributed by atoms with Crippen molar-refractivity contribution < 1.29 is 14.3 Å². The molecule has 1 aromatic rings. The normalized spacial score (nSPS) is 13.0. The molecule has 1 atom stereocenters. The summed E-state index contributed by atoms with van der Waals surface area (Å²) in [5, 5.41) is 0. The van der Waals surface area contributed by atoms with Crippen molar-refractivity contribution in [1.82, 2.24) is 0 Å². The molecular formula is C15H18BrCl3O3. The van der Waals surface area contributed by atoms with Crippen LogP contribution in [0.4, 0.5) is 0 Å². The first kappa shape index (κ1) is 20.0. The molecule has 1 unspecified atom stereocenters. The fraction of sp³-hybridized carbons (Fsp3) is 0.533. The molecule has 0 amide bonds. The van der Waals surface area contributed by atoms with Gasteiger partial charge in [0.1, 0.15) is 12.5 Å². The van der Waals surface area contributed by atoms with Gasteiger partial charge in [-0.15, -0.1) is 0 Å². The van der Waals surface area contributed by atoms with Crippen LogP contribution in [-0.2, 0) is 14.3 Å². The van der Waals surface area contributed by atoms with E-state index in [0.29, 0.717) is 6.61 Å². The van der Waals surface area contributed by atoms with Crippen molar-refractivity contribution in [2.45, 2.75) is 29.5 Å². The maximum absolute atomic E-state index is 12.2. The van der Waals surface area contributed by atoms with E-state index in [2.05, 4.69) is 22.9 Å². The minimum absolute atomic E-state index is 0.236. The fourth-order valence-corrected chi connectivity index (χ4v) is 2.12. The summed E-state index contributed by atoms with van der Waals surface area (Å²) in [6, 6.07) is 7.40. The Morgan fingerprint density at radius 1 is 1.27 bits per heavy atom. The van der Waals surface area contributed by atoms with Crippen LogP contribution in [0.2, 0.25) is 0 Å². The van der Waals surface area contributed by atoms with Crippen molar-refractivity contribution in [3.05, 3.63) is 34.3 Å². The third-order valence-corrected chi connectivity index (χ3v) is 3.72. The van der Waals surface area contributed by atoms with E-state index < -0.39 is 15.7 Å². The number of hydrogen-bond acceptors (Lipinski definition) is 3. The zero-order valence-corrected chi connectivity index (χ0v) is 16.0. The Hall–Kier alpha value is -0.000000000000000167. The molecule has 22 heavy (non-hydrogen) atoms. The van der Waals surface area contributed by atoms with Gasteiger partial charge in [-0.05, 0) is 24.1 Å². The molecule has 0 fully saturated rings. The van der Waals surface area contributed by atoms with E-state index in [4.69, 9.17) is 44.3 Å². The smallest absolute Gasteiger partial charge is 0.315 e. The average molecular weight is 433 g/mol. The Morgan fingerprint density at radius 3 is 2.45 bits per heavy atom. The van der Waals surface area contributed by atoms with Gasteiger partial charge >= 0.3 is 5.97 Å². The Balaban J connectivity index is 2.72. The molecule has 0 N–H and O–H groups in total. The van der Waals surface area contributed by atoms with Crippen molar-refractivity contribution in [3.63, 3.8) is 0 Å². The van der Waals surface area contributed by atoms with Gasteiger partial charge in [0, 0.05) is 11.1 Å². The van der Waals surface area contributed by atoms with E-state index >= 15 is 0 Å². The predicted molar refractivity (Wildman–Crippen MR) is 93.9 cm³/mol. The monoisotopic (exact) mass is 430 g/mol. The maximum Gasteiger partial charge on any atom is 0.315 e. The van der Waals surface area contributed by atoms with Crippen molar-refractivity contribution in [2.24, 2.45) is 0 Å². The molecule has 0 aliphatic carbocycles. The van der Waals surface area contributed by atoms with E-state index in [1.807, 2.05) is 24.3 Å². The van der Waals surface area contributed by atoms with Gasteiger partial charge in [0.15, 0.2) is 0 Å². The van der Waals surface area contributed by atoms with E-state index in [9.17, 15) is 4.79 Å². The Morgan fingerprint density at radius 2 is 1.91 bits per heavy atom. The zero-order chi connectivity index (χ0) is 16.6. The van der Waals surface area contributed by atoms with Gasteiger partial charge in [0.05, 0.1) is 6.61 Å². The van der Waals surface area contributed by atoms with Crippen LogP contribution in [0.25, 0.3) is 0 Å². The fourth-order valence-electron chi connectivity index (χ4n) is 1.70. The van der Waals surface area contributed by atoms with Crippen molar-refractivity contribution in [2.75, 3.05) is 19.8 Å². The molecule has 0 spiro atoms. The lowest BCUT2D eigenvalue weighted by atomic mass is 10.0. The highest BCUT2D eigenvalue weighted by atomic mass is 79.9. The van der Waals surface area contributed by atoms with Crippen LogP contribution in [0.5, 0.6) is 0 Å². The molecule has 7 heteroatoms. The number of unbranched alkanes of at least 4 members (excludes halogenated alkanes) is 1. The molecule has 1 rings (SSSR count). The molecule has 0 radical (unpaired) electrons. The van der Waals surface area contributed by atoms with Gasteiger partial charge in [0.2, 0.25) is 3.79 Å². The van der Waals surface area contributed by atoms with E-state index in [-0.39, 0.29) is 13.2 Å². The summed E-state index contributed by atoms with van der Waals surface area (Å²) < 4.78 is 9.95. The van der Waals surface area contributed by atoms with E-state index in [1.165, 1.54) is 0 Å². The van der Waals surface area contributed by atoms with Crippen molar-refractivity contribution >= 4 is 56.7 Å². The predicted octanol–water partition coefficient (Wildman–Crippen LogP) is 5.26. The standard InChI is InChI=1S/C15H18BrCl3O3/c1-2-3-8-21-9-13(11-4-6-12(16)7-5-11)14(20)22-10-15(17,18)19/h4-7,13H,2-3,8-10H2,1H3. The Kier molecular flexibility index (Phi) is 9.10. The zero-order valence-electron chi connectivity index (χ0n) is 12.2. The van der Waals surface area contributed by atoms with Gasteiger partial charge in [0.25, 0.3) is 0 Å². The van der Waals surface area contributed by atoms with Crippen molar-refractivity contribution in [3.8, 4) is 0 Å². The molecule has 0 aliphatic rings. The Labute approximate surface area is 154 Å². The number of carbonyl (C=O) groups is 1. The van der Waals surface area contributed by atoms with Crippen LogP contribution >= 0.6 is 50.7 Å². The lowest BCUT2D eigenvalue weighted by Gasteiger charge is -2.18. The first-order chi connectivity index (χ1) is 10.3. The van der Waals surface area contributed by atoms with Crippen LogP contribution < -0.4 is 0 Å². The highest BCUT2D eigenvalue weighted by Gasteiger charge is 2.27. The highest BCUT2D eigenvalue weighted by molar-refractivity contribution is 9.10. The third kappa shape index (κ3) is 8.02. The molecule has 0 heterocycles. The minimum Gasteiger partial charge on any atom is -0.461 e. The molecule has 124 valence electrons. The lowest BCUT2D eigenvalue weighted by Crippen LogP contribution is -2.25. The average Bonchev–Trinajstić information content (AvgIpc) is 2.45. The van der Waals surface area contributed by atoms with E-state index in [0.717, 1.165) is 22.9 Å². The summed E-state index contributed by atoms with van der Waals surface area (Å²) in [4.78, 5) is 12.2. The summed E-state index contributed by atoms with van der Waals surface area (Å²) in [7, 11) is 0. The molecule has 0 bridgehead atoms. The Bertz CT molecular complexity index is 460. The number of esters is 1. The second-order valence-electron chi connectivity index (χ2n) is 4.76. The van der Waals surface area contributed by atoms with Gasteiger partial charge < -0.3 is 9.47 Å². The summed E-state index contributed by atoms with van der Waals surface area (Å²) in [6.07, 6.45) is 1.97. The highest BCUT2D eigenvalue weighted by Crippen LogP contribution is 2.27. The van der Waals surface area contributed by atoms with E-state index in [1.54, 1.807) is 0 Å². The van der Waals surface area contributed by atoms with Crippen LogP contribution in [0.1, 0.15) is 31.2 Å². The summed E-state index contributed by atoms with van der Waals surface area (Å²) >= 11 is 20.2. The second kappa shape index (κ2) is 9.99. The first-order valence-electron chi connectivity index (χ1n) is 6.90. The van der Waals surface area contributed by atoms with Crippen LogP contribution in [0, 0.1) is 0 Å². The maximum atomic E-state index is 12.2. The van der Waals surface area contributed by atoms with Crippen LogP contribution in [0.15, 0.2) is 28.7 Å². The first-order valence-corrected chi connectivity index (χ1v) is 8.82. The molecule has 0 saturated heterocycles. The largest absolute Gasteiger partial charge is 0.461 e. The van der Waals surface area contributed by atoms with Gasteiger partial charge in [-0.2, -0.15) is 0 Å². The summed E-state index contributed by atoms with van der Waals surface area (Å²) in [5.74, 6) is -1.01. The second-order valence-corrected chi connectivity index (χ2v) is 8.19. The molecule has 0 aromatic heterocycles. The number of carbonyl (C=O) groups excluding carboxylic acids is 1. The lowest BCUT2D eigenvalue weighted by molar-refractivity contribution is -0.147. The van der Waals surface area contributed by atoms with Crippen LogP contribution in [-0.4, -0.2) is 29.6 Å². The number of halogens is 4. The quantitative estimate of drug-likeness (QED) is 0.319. The third-order valence-electron chi connectivity index (χ3n) is 2.86. The molecule has 0 saturated carbocycles.